The molecule has 0 bridgehead atoms. The lowest BCUT2D eigenvalue weighted by atomic mass is 9.95. The fraction of sp³-hybridized carbons (Fsp3) is 0.211. The van der Waals surface area contributed by atoms with Crippen molar-refractivity contribution in [2.75, 3.05) is 13.1 Å². The molecule has 4 rings (SSSR count). The number of hydrogen-bond donors (Lipinski definition) is 1. The van der Waals surface area contributed by atoms with Gasteiger partial charge >= 0.3 is 0 Å². The third-order valence-electron chi connectivity index (χ3n) is 4.59. The summed E-state index contributed by atoms with van der Waals surface area (Å²) in [7, 11) is 0. The Bertz CT molecular complexity index is 988. The number of hydrogen-bond acceptors (Lipinski definition) is 7. The number of nitrogens with one attached hydrogen (secondary N) is 1. The van der Waals surface area contributed by atoms with Gasteiger partial charge in [0.1, 0.15) is 11.5 Å². The summed E-state index contributed by atoms with van der Waals surface area (Å²) in [6.45, 7) is 4.83. The Balaban J connectivity index is 1.35. The van der Waals surface area contributed by atoms with Gasteiger partial charge in [0, 0.05) is 24.2 Å². The number of carbonyl (C=O) groups excluding carboxylic acids is 2. The van der Waals surface area contributed by atoms with Crippen LogP contribution in [0.1, 0.15) is 27.7 Å². The highest BCUT2D eigenvalue weighted by Gasteiger charge is 2.34. The highest BCUT2D eigenvalue weighted by molar-refractivity contribution is 5.94. The SMILES string of the molecule is C=CC(=O)N1CC(c2ocnc2CNC(=O)c2ccc(-c3ncon3)cc2)C1. The summed E-state index contributed by atoms with van der Waals surface area (Å²) in [6.07, 6.45) is 3.90. The zero-order valence-corrected chi connectivity index (χ0v) is 14.9. The fourth-order valence-corrected chi connectivity index (χ4v) is 3.03. The zero-order chi connectivity index (χ0) is 19.5. The fourth-order valence-electron chi connectivity index (χ4n) is 3.03. The molecule has 28 heavy (non-hydrogen) atoms. The summed E-state index contributed by atoms with van der Waals surface area (Å²) in [5.74, 6) is 0.901. The van der Waals surface area contributed by atoms with Crippen LogP contribution in [-0.4, -0.2) is 44.9 Å². The highest BCUT2D eigenvalue weighted by atomic mass is 16.5. The van der Waals surface area contributed by atoms with Crippen LogP contribution in [0.15, 0.2) is 58.6 Å². The van der Waals surface area contributed by atoms with Gasteiger partial charge in [0.25, 0.3) is 5.91 Å². The topological polar surface area (TPSA) is 114 Å². The van der Waals surface area contributed by atoms with Gasteiger partial charge in [0.15, 0.2) is 6.39 Å². The molecule has 9 heteroatoms. The van der Waals surface area contributed by atoms with Gasteiger partial charge in [-0.2, -0.15) is 4.98 Å². The van der Waals surface area contributed by atoms with E-state index in [1.165, 1.54) is 18.9 Å². The van der Waals surface area contributed by atoms with E-state index in [0.29, 0.717) is 35.9 Å². The summed E-state index contributed by atoms with van der Waals surface area (Å²) in [4.78, 5) is 33.8. The van der Waals surface area contributed by atoms with Gasteiger partial charge in [-0.05, 0) is 18.2 Å². The number of likely N-dealkylation sites (tertiary alicyclic amines) is 1. The smallest absolute Gasteiger partial charge is 0.251 e. The molecule has 9 nitrogen and oxygen atoms in total. The molecule has 0 unspecified atom stereocenters. The van der Waals surface area contributed by atoms with Crippen LogP contribution in [0, 0.1) is 0 Å². The molecule has 3 heterocycles. The van der Waals surface area contributed by atoms with E-state index in [-0.39, 0.29) is 24.3 Å². The number of nitrogens with zero attached hydrogens (tertiary/aromatic N) is 4. The number of rotatable bonds is 6. The Hall–Kier alpha value is -3.75. The van der Waals surface area contributed by atoms with Crippen LogP contribution in [0.4, 0.5) is 0 Å². The van der Waals surface area contributed by atoms with Crippen molar-refractivity contribution in [3.05, 3.63) is 66.7 Å². The van der Waals surface area contributed by atoms with Crippen molar-refractivity contribution in [3.8, 4) is 11.4 Å². The molecule has 1 aromatic carbocycles. The molecule has 0 atom stereocenters. The zero-order valence-electron chi connectivity index (χ0n) is 14.9. The van der Waals surface area contributed by atoms with Crippen LogP contribution in [0.25, 0.3) is 11.4 Å². The van der Waals surface area contributed by atoms with Gasteiger partial charge in [-0.25, -0.2) is 4.98 Å². The Morgan fingerprint density at radius 1 is 1.21 bits per heavy atom. The molecule has 2 aromatic heterocycles. The summed E-state index contributed by atoms with van der Waals surface area (Å²) < 4.78 is 10.2. The standard InChI is InChI=1S/C19H17N5O4/c1-2-16(25)24-8-14(9-24)17-15(21-10-27-17)7-20-19(26)13-5-3-12(4-6-13)18-22-11-28-23-18/h2-6,10-11,14H,1,7-9H2,(H,20,26). The summed E-state index contributed by atoms with van der Waals surface area (Å²) >= 11 is 0. The Morgan fingerprint density at radius 2 is 2.00 bits per heavy atom. The maximum Gasteiger partial charge on any atom is 0.251 e. The molecule has 0 saturated carbocycles. The van der Waals surface area contributed by atoms with E-state index in [9.17, 15) is 9.59 Å². The van der Waals surface area contributed by atoms with E-state index < -0.39 is 0 Å². The molecule has 142 valence electrons. The molecular weight excluding hydrogens is 362 g/mol. The quantitative estimate of drug-likeness (QED) is 0.649. The van der Waals surface area contributed by atoms with Crippen LogP contribution in [0.2, 0.25) is 0 Å². The molecule has 3 aromatic rings. The predicted octanol–water partition coefficient (Wildman–Crippen LogP) is 1.77. The minimum atomic E-state index is -0.231. The number of carbonyl (C=O) groups is 2. The van der Waals surface area contributed by atoms with Crippen molar-refractivity contribution < 1.29 is 18.5 Å². The normalized spacial score (nSPS) is 13.8. The third kappa shape index (κ3) is 3.41. The highest BCUT2D eigenvalue weighted by Crippen LogP contribution is 2.29. The average Bonchev–Trinajstić information content (AvgIpc) is 3.37. The van der Waals surface area contributed by atoms with Crippen LogP contribution < -0.4 is 5.32 Å². The van der Waals surface area contributed by atoms with Crippen molar-refractivity contribution in [1.82, 2.24) is 25.3 Å². The van der Waals surface area contributed by atoms with Crippen LogP contribution in [-0.2, 0) is 11.3 Å². The summed E-state index contributed by atoms with van der Waals surface area (Å²) in [6, 6.07) is 6.88. The first-order valence-electron chi connectivity index (χ1n) is 8.64. The minimum absolute atomic E-state index is 0.0764. The molecule has 0 spiro atoms. The number of amides is 2. The van der Waals surface area contributed by atoms with E-state index in [1.807, 2.05) is 0 Å². The molecule has 1 aliphatic rings. The molecule has 1 saturated heterocycles. The van der Waals surface area contributed by atoms with Gasteiger partial charge in [-0.1, -0.05) is 23.9 Å². The van der Waals surface area contributed by atoms with Gasteiger partial charge in [-0.3, -0.25) is 9.59 Å². The van der Waals surface area contributed by atoms with E-state index in [0.717, 1.165) is 5.56 Å². The largest absolute Gasteiger partial charge is 0.448 e. The Labute approximate surface area is 160 Å². The van der Waals surface area contributed by atoms with E-state index in [2.05, 4.69) is 27.0 Å². The lowest BCUT2D eigenvalue weighted by Gasteiger charge is -2.37. The average molecular weight is 379 g/mol. The van der Waals surface area contributed by atoms with E-state index >= 15 is 0 Å². The third-order valence-corrected chi connectivity index (χ3v) is 4.59. The monoisotopic (exact) mass is 379 g/mol. The van der Waals surface area contributed by atoms with Crippen molar-refractivity contribution in [2.24, 2.45) is 0 Å². The molecular formula is C19H17N5O4. The predicted molar refractivity (Wildman–Crippen MR) is 96.9 cm³/mol. The number of oxazole rings is 1. The van der Waals surface area contributed by atoms with Gasteiger partial charge in [-0.15, -0.1) is 0 Å². The van der Waals surface area contributed by atoms with Crippen molar-refractivity contribution in [1.29, 1.82) is 0 Å². The lowest BCUT2D eigenvalue weighted by Crippen LogP contribution is -2.48. The van der Waals surface area contributed by atoms with Gasteiger partial charge < -0.3 is 19.2 Å². The van der Waals surface area contributed by atoms with Crippen molar-refractivity contribution >= 4 is 11.8 Å². The maximum absolute atomic E-state index is 12.4. The van der Waals surface area contributed by atoms with Crippen LogP contribution in [0.5, 0.6) is 0 Å². The molecule has 2 amide bonds. The summed E-state index contributed by atoms with van der Waals surface area (Å²) in [5.41, 5.74) is 1.92. The van der Waals surface area contributed by atoms with E-state index in [4.69, 9.17) is 8.94 Å². The number of benzene rings is 1. The molecule has 0 aliphatic carbocycles. The maximum atomic E-state index is 12.4. The molecule has 0 radical (unpaired) electrons. The van der Waals surface area contributed by atoms with E-state index in [1.54, 1.807) is 29.2 Å². The molecule has 1 aliphatic heterocycles. The molecule has 1 fully saturated rings. The Morgan fingerprint density at radius 3 is 2.68 bits per heavy atom. The first-order valence-corrected chi connectivity index (χ1v) is 8.64. The van der Waals surface area contributed by atoms with Crippen LogP contribution in [0.3, 0.4) is 0 Å². The second-order valence-corrected chi connectivity index (χ2v) is 6.32. The van der Waals surface area contributed by atoms with Gasteiger partial charge in [0.2, 0.25) is 18.1 Å². The Kier molecular flexibility index (Phi) is 4.71. The summed E-state index contributed by atoms with van der Waals surface area (Å²) in [5, 5.41) is 6.59. The minimum Gasteiger partial charge on any atom is -0.448 e. The van der Waals surface area contributed by atoms with Crippen molar-refractivity contribution in [2.45, 2.75) is 12.5 Å². The number of aromatic nitrogens is 3. The lowest BCUT2D eigenvalue weighted by molar-refractivity contribution is -0.130. The van der Waals surface area contributed by atoms with Crippen LogP contribution >= 0.6 is 0 Å². The van der Waals surface area contributed by atoms with Crippen molar-refractivity contribution in [3.63, 3.8) is 0 Å². The molecule has 1 N–H and O–H groups in total. The van der Waals surface area contributed by atoms with Gasteiger partial charge in [0.05, 0.1) is 12.5 Å². The first kappa shape index (κ1) is 17.7. The first-order chi connectivity index (χ1) is 13.7. The second kappa shape index (κ2) is 7.47. The second-order valence-electron chi connectivity index (χ2n) is 6.32.